The molecule has 1 aliphatic rings. The van der Waals surface area contributed by atoms with Gasteiger partial charge in [0.2, 0.25) is 0 Å². The van der Waals surface area contributed by atoms with Crippen LogP contribution >= 0.6 is 0 Å². The molecule has 1 aromatic rings. The number of hydrogen-bond acceptors (Lipinski definition) is 4. The van der Waals surface area contributed by atoms with Crippen LogP contribution in [0.15, 0.2) is 24.3 Å². The maximum atomic E-state index is 9.82. The lowest BCUT2D eigenvalue weighted by molar-refractivity contribution is 0.0833. The topological polar surface area (TPSA) is 53.5 Å². The SMILES string of the molecule is COc1ccc(CNN[C@@H]2CCCC[C@H]2O)cc1. The summed E-state index contributed by atoms with van der Waals surface area (Å²) in [6, 6.07) is 8.14. The van der Waals surface area contributed by atoms with Crippen LogP contribution < -0.4 is 15.6 Å². The third-order valence-electron chi connectivity index (χ3n) is 3.47. The van der Waals surface area contributed by atoms with Gasteiger partial charge in [0.05, 0.1) is 13.2 Å². The summed E-state index contributed by atoms with van der Waals surface area (Å²) in [5.74, 6) is 0.870. The Morgan fingerprint density at radius 2 is 1.94 bits per heavy atom. The first-order chi connectivity index (χ1) is 8.79. The van der Waals surface area contributed by atoms with Crippen LogP contribution in [-0.2, 0) is 6.54 Å². The monoisotopic (exact) mass is 250 g/mol. The summed E-state index contributed by atoms with van der Waals surface area (Å²) in [6.07, 6.45) is 4.05. The zero-order chi connectivity index (χ0) is 12.8. The summed E-state index contributed by atoms with van der Waals surface area (Å²) in [6.45, 7) is 0.743. The van der Waals surface area contributed by atoms with Crippen molar-refractivity contribution in [2.75, 3.05) is 7.11 Å². The van der Waals surface area contributed by atoms with Crippen molar-refractivity contribution in [2.45, 2.75) is 44.4 Å². The number of benzene rings is 1. The molecule has 1 saturated carbocycles. The normalized spacial score (nSPS) is 23.9. The molecular weight excluding hydrogens is 228 g/mol. The Labute approximate surface area is 108 Å². The summed E-state index contributed by atoms with van der Waals surface area (Å²) in [4.78, 5) is 0. The lowest BCUT2D eigenvalue weighted by Gasteiger charge is -2.28. The molecule has 0 unspecified atom stereocenters. The summed E-state index contributed by atoms with van der Waals surface area (Å²) in [5, 5.41) is 9.82. The minimum Gasteiger partial charge on any atom is -0.497 e. The number of methoxy groups -OCH3 is 1. The predicted octanol–water partition coefficient (Wildman–Crippen LogP) is 1.59. The van der Waals surface area contributed by atoms with E-state index in [0.717, 1.165) is 31.6 Å². The van der Waals surface area contributed by atoms with Crippen LogP contribution in [0, 0.1) is 0 Å². The molecule has 0 aliphatic heterocycles. The first kappa shape index (κ1) is 13.3. The van der Waals surface area contributed by atoms with Crippen LogP contribution in [0.5, 0.6) is 5.75 Å². The van der Waals surface area contributed by atoms with Gasteiger partial charge in [-0.2, -0.15) is 0 Å². The number of nitrogens with one attached hydrogen (secondary N) is 2. The van der Waals surface area contributed by atoms with Gasteiger partial charge >= 0.3 is 0 Å². The third-order valence-corrected chi connectivity index (χ3v) is 3.47. The van der Waals surface area contributed by atoms with E-state index in [2.05, 4.69) is 10.9 Å². The molecule has 0 aromatic heterocycles. The van der Waals surface area contributed by atoms with E-state index in [1.807, 2.05) is 24.3 Å². The van der Waals surface area contributed by atoms with Crippen LogP contribution in [0.1, 0.15) is 31.2 Å². The van der Waals surface area contributed by atoms with Crippen LogP contribution in [0.25, 0.3) is 0 Å². The van der Waals surface area contributed by atoms with Gasteiger partial charge in [-0.25, -0.2) is 0 Å². The summed E-state index contributed by atoms with van der Waals surface area (Å²) >= 11 is 0. The molecule has 0 bridgehead atoms. The van der Waals surface area contributed by atoms with Crippen LogP contribution in [0.4, 0.5) is 0 Å². The first-order valence-corrected chi connectivity index (χ1v) is 6.59. The summed E-state index contributed by atoms with van der Waals surface area (Å²) in [7, 11) is 1.67. The molecule has 100 valence electrons. The molecule has 0 heterocycles. The number of ether oxygens (including phenoxy) is 1. The molecule has 18 heavy (non-hydrogen) atoms. The zero-order valence-corrected chi connectivity index (χ0v) is 10.9. The fourth-order valence-electron chi connectivity index (χ4n) is 2.31. The quantitative estimate of drug-likeness (QED) is 0.695. The molecule has 1 aliphatic carbocycles. The molecule has 0 spiro atoms. The molecular formula is C14H22N2O2. The average Bonchev–Trinajstić information content (AvgIpc) is 2.42. The van der Waals surface area contributed by atoms with Crippen LogP contribution in [0.3, 0.4) is 0 Å². The van der Waals surface area contributed by atoms with Crippen molar-refractivity contribution in [3.8, 4) is 5.75 Å². The van der Waals surface area contributed by atoms with E-state index >= 15 is 0 Å². The smallest absolute Gasteiger partial charge is 0.118 e. The Balaban J connectivity index is 1.73. The number of rotatable bonds is 5. The Kier molecular flexibility index (Phi) is 4.99. The van der Waals surface area contributed by atoms with Crippen molar-refractivity contribution in [1.82, 2.24) is 10.9 Å². The molecule has 0 amide bonds. The van der Waals surface area contributed by atoms with E-state index < -0.39 is 0 Å². The van der Waals surface area contributed by atoms with Gasteiger partial charge in [0.25, 0.3) is 0 Å². The standard InChI is InChI=1S/C14H22N2O2/c1-18-12-8-6-11(7-9-12)10-15-16-13-4-2-3-5-14(13)17/h6-9,13-17H,2-5,10H2,1H3/t13-,14-/m1/s1. The van der Waals surface area contributed by atoms with Gasteiger partial charge in [-0.15, -0.1) is 0 Å². The molecule has 2 rings (SSSR count). The zero-order valence-electron chi connectivity index (χ0n) is 10.9. The Bertz CT molecular complexity index is 353. The van der Waals surface area contributed by atoms with Crippen molar-refractivity contribution < 1.29 is 9.84 Å². The van der Waals surface area contributed by atoms with E-state index in [0.29, 0.717) is 0 Å². The van der Waals surface area contributed by atoms with Crippen LogP contribution in [-0.4, -0.2) is 24.4 Å². The van der Waals surface area contributed by atoms with E-state index in [1.165, 1.54) is 12.0 Å². The highest BCUT2D eigenvalue weighted by Gasteiger charge is 2.21. The van der Waals surface area contributed by atoms with Crippen LogP contribution in [0.2, 0.25) is 0 Å². The lowest BCUT2D eigenvalue weighted by Crippen LogP contribution is -2.48. The van der Waals surface area contributed by atoms with Crippen molar-refractivity contribution >= 4 is 0 Å². The minimum atomic E-state index is -0.220. The second-order valence-corrected chi connectivity index (χ2v) is 4.80. The average molecular weight is 250 g/mol. The van der Waals surface area contributed by atoms with E-state index in [1.54, 1.807) is 7.11 Å². The Hall–Kier alpha value is -1.10. The van der Waals surface area contributed by atoms with Crippen molar-refractivity contribution in [3.05, 3.63) is 29.8 Å². The van der Waals surface area contributed by atoms with Crippen molar-refractivity contribution in [3.63, 3.8) is 0 Å². The molecule has 1 aromatic carbocycles. The molecule has 4 heteroatoms. The lowest BCUT2D eigenvalue weighted by atomic mass is 9.93. The van der Waals surface area contributed by atoms with Crippen molar-refractivity contribution in [1.29, 1.82) is 0 Å². The summed E-state index contributed by atoms with van der Waals surface area (Å²) < 4.78 is 5.11. The minimum absolute atomic E-state index is 0.178. The van der Waals surface area contributed by atoms with Gasteiger partial charge in [-0.3, -0.25) is 10.9 Å². The number of hydrazine groups is 1. The fourth-order valence-corrected chi connectivity index (χ4v) is 2.31. The maximum absolute atomic E-state index is 9.82. The molecule has 3 N–H and O–H groups in total. The highest BCUT2D eigenvalue weighted by Crippen LogP contribution is 2.17. The second-order valence-electron chi connectivity index (χ2n) is 4.80. The van der Waals surface area contributed by atoms with Crippen molar-refractivity contribution in [2.24, 2.45) is 0 Å². The number of hydrogen-bond donors (Lipinski definition) is 3. The van der Waals surface area contributed by atoms with Gasteiger partial charge in [0.15, 0.2) is 0 Å². The predicted molar refractivity (Wildman–Crippen MR) is 71.2 cm³/mol. The highest BCUT2D eigenvalue weighted by atomic mass is 16.5. The molecule has 0 saturated heterocycles. The fraction of sp³-hybridized carbons (Fsp3) is 0.571. The molecule has 0 radical (unpaired) electrons. The van der Waals surface area contributed by atoms with Gasteiger partial charge in [0.1, 0.15) is 5.75 Å². The first-order valence-electron chi connectivity index (χ1n) is 6.59. The number of aliphatic hydroxyl groups excluding tert-OH is 1. The molecule has 1 fully saturated rings. The van der Waals surface area contributed by atoms with E-state index in [9.17, 15) is 5.11 Å². The maximum Gasteiger partial charge on any atom is 0.118 e. The van der Waals surface area contributed by atoms with Gasteiger partial charge in [-0.05, 0) is 30.5 Å². The Morgan fingerprint density at radius 1 is 1.22 bits per heavy atom. The van der Waals surface area contributed by atoms with E-state index in [4.69, 9.17) is 4.74 Å². The molecule has 2 atom stereocenters. The second kappa shape index (κ2) is 6.73. The Morgan fingerprint density at radius 3 is 2.61 bits per heavy atom. The third kappa shape index (κ3) is 3.70. The number of aliphatic hydroxyl groups is 1. The largest absolute Gasteiger partial charge is 0.497 e. The van der Waals surface area contributed by atoms with Gasteiger partial charge < -0.3 is 9.84 Å². The molecule has 4 nitrogen and oxygen atoms in total. The van der Waals surface area contributed by atoms with E-state index in [-0.39, 0.29) is 12.1 Å². The van der Waals surface area contributed by atoms with Gasteiger partial charge in [-0.1, -0.05) is 25.0 Å². The van der Waals surface area contributed by atoms with Gasteiger partial charge in [0, 0.05) is 12.6 Å². The summed E-state index contributed by atoms with van der Waals surface area (Å²) in [5.41, 5.74) is 7.59. The highest BCUT2D eigenvalue weighted by molar-refractivity contribution is 5.26.